The van der Waals surface area contributed by atoms with Crippen LogP contribution in [0, 0.1) is 0 Å². The number of hydrogen-bond acceptors (Lipinski definition) is 4. The predicted molar refractivity (Wildman–Crippen MR) is 84.1 cm³/mol. The summed E-state index contributed by atoms with van der Waals surface area (Å²) in [6.45, 7) is 0.401. The largest absolute Gasteiger partial charge is 0.485 e. The van der Waals surface area contributed by atoms with Gasteiger partial charge in [0.15, 0.2) is 0 Å². The Hall–Kier alpha value is -1.79. The average molecular weight is 299 g/mol. The highest BCUT2D eigenvalue weighted by Gasteiger charge is 2.43. The minimum absolute atomic E-state index is 0.0219. The van der Waals surface area contributed by atoms with Gasteiger partial charge in [-0.3, -0.25) is 4.79 Å². The molecule has 5 nitrogen and oxygen atoms in total. The average Bonchev–Trinajstić information content (AvgIpc) is 2.79. The van der Waals surface area contributed by atoms with Crippen LogP contribution in [-0.2, 0) is 6.61 Å². The number of benzene rings is 1. The van der Waals surface area contributed by atoms with E-state index in [4.69, 9.17) is 4.74 Å². The van der Waals surface area contributed by atoms with Crippen molar-refractivity contribution in [3.63, 3.8) is 0 Å². The fourth-order valence-electron chi connectivity index (χ4n) is 4.01. The maximum Gasteiger partial charge on any atom is 0.254 e. The van der Waals surface area contributed by atoms with Crippen LogP contribution in [0.4, 0.5) is 0 Å². The Labute approximate surface area is 129 Å². The topological polar surface area (TPSA) is 70.0 Å². The molecular formula is C16H18BNO4. The van der Waals surface area contributed by atoms with Crippen LogP contribution in [0.1, 0.15) is 34.3 Å². The second-order valence-corrected chi connectivity index (χ2v) is 6.47. The lowest BCUT2D eigenvalue weighted by Crippen LogP contribution is -2.34. The molecular weight excluding hydrogens is 281 g/mol. The van der Waals surface area contributed by atoms with E-state index < -0.39 is 6.10 Å². The Morgan fingerprint density at radius 2 is 2.23 bits per heavy atom. The molecule has 0 saturated carbocycles. The first-order valence-corrected chi connectivity index (χ1v) is 7.61. The fourth-order valence-corrected chi connectivity index (χ4v) is 4.01. The molecule has 3 aliphatic rings. The summed E-state index contributed by atoms with van der Waals surface area (Å²) in [7, 11) is 3.69. The molecule has 22 heavy (non-hydrogen) atoms. The van der Waals surface area contributed by atoms with Gasteiger partial charge in [0.2, 0.25) is 0 Å². The molecule has 2 atom stereocenters. The van der Waals surface area contributed by atoms with E-state index in [0.717, 1.165) is 22.2 Å². The Morgan fingerprint density at radius 3 is 2.95 bits per heavy atom. The van der Waals surface area contributed by atoms with E-state index in [-0.39, 0.29) is 18.6 Å². The van der Waals surface area contributed by atoms with E-state index >= 15 is 0 Å². The van der Waals surface area contributed by atoms with Crippen molar-refractivity contribution in [2.75, 3.05) is 13.6 Å². The van der Waals surface area contributed by atoms with Crippen LogP contribution in [0.25, 0.3) is 5.57 Å². The summed E-state index contributed by atoms with van der Waals surface area (Å²) in [5, 5.41) is 19.7. The highest BCUT2D eigenvalue weighted by molar-refractivity contribution is 6.37. The molecule has 0 fully saturated rings. The van der Waals surface area contributed by atoms with Gasteiger partial charge in [-0.25, -0.2) is 0 Å². The maximum absolute atomic E-state index is 12.8. The first kappa shape index (κ1) is 13.8. The maximum atomic E-state index is 12.8. The first-order chi connectivity index (χ1) is 10.5. The number of aliphatic hydroxyl groups is 2. The number of rotatable bonds is 1. The van der Waals surface area contributed by atoms with Crippen molar-refractivity contribution in [2.24, 2.45) is 0 Å². The van der Waals surface area contributed by atoms with E-state index in [0.29, 0.717) is 36.3 Å². The quantitative estimate of drug-likeness (QED) is 0.666. The number of ether oxygens (including phenoxy) is 1. The number of amides is 1. The van der Waals surface area contributed by atoms with Gasteiger partial charge >= 0.3 is 0 Å². The third-order valence-corrected chi connectivity index (χ3v) is 4.91. The minimum atomic E-state index is -0.443. The number of hydrogen-bond donors (Lipinski definition) is 2. The molecule has 1 aromatic carbocycles. The van der Waals surface area contributed by atoms with Crippen LogP contribution >= 0.6 is 0 Å². The lowest BCUT2D eigenvalue weighted by Gasteiger charge is -2.27. The molecule has 0 radical (unpaired) electrons. The summed E-state index contributed by atoms with van der Waals surface area (Å²) in [4.78, 5) is 14.5. The smallest absolute Gasteiger partial charge is 0.254 e. The summed E-state index contributed by atoms with van der Waals surface area (Å²) < 4.78 is 6.04. The van der Waals surface area contributed by atoms with Gasteiger partial charge in [0.1, 0.15) is 19.7 Å². The first-order valence-electron chi connectivity index (χ1n) is 7.61. The molecule has 2 unspecified atom stereocenters. The number of carbonyl (C=O) groups excluding carboxylic acids is 1. The van der Waals surface area contributed by atoms with Gasteiger partial charge in [0, 0.05) is 42.3 Å². The van der Waals surface area contributed by atoms with Crippen LogP contribution in [0.15, 0.2) is 11.6 Å². The molecule has 0 saturated heterocycles. The molecule has 114 valence electrons. The third kappa shape index (κ3) is 1.71. The van der Waals surface area contributed by atoms with Crippen LogP contribution in [-0.4, -0.2) is 54.7 Å². The van der Waals surface area contributed by atoms with E-state index in [1.807, 2.05) is 13.9 Å². The Balaban J connectivity index is 2.06. The van der Waals surface area contributed by atoms with Crippen molar-refractivity contribution in [2.45, 2.75) is 31.7 Å². The third-order valence-electron chi connectivity index (χ3n) is 4.91. The van der Waals surface area contributed by atoms with Gasteiger partial charge in [-0.2, -0.15) is 0 Å². The van der Waals surface area contributed by atoms with E-state index in [9.17, 15) is 15.0 Å². The second kappa shape index (κ2) is 4.60. The molecule has 2 aliphatic heterocycles. The zero-order chi connectivity index (χ0) is 15.6. The van der Waals surface area contributed by atoms with Crippen LogP contribution in [0.5, 0.6) is 5.75 Å². The molecule has 0 spiro atoms. The Kier molecular flexibility index (Phi) is 2.90. The summed E-state index contributed by atoms with van der Waals surface area (Å²) in [5.41, 5.74) is 5.25. The van der Waals surface area contributed by atoms with Gasteiger partial charge in [0.25, 0.3) is 5.91 Å². The van der Waals surface area contributed by atoms with Gasteiger partial charge in [0.05, 0.1) is 12.7 Å². The normalized spacial score (nSPS) is 26.0. The highest BCUT2D eigenvalue weighted by Crippen LogP contribution is 2.49. The monoisotopic (exact) mass is 299 g/mol. The predicted octanol–water partition coefficient (Wildman–Crippen LogP) is -0.808. The van der Waals surface area contributed by atoms with E-state index in [2.05, 4.69) is 0 Å². The van der Waals surface area contributed by atoms with Crippen LogP contribution < -0.4 is 10.2 Å². The molecule has 6 heteroatoms. The molecule has 2 N–H and O–H groups in total. The van der Waals surface area contributed by atoms with Crippen molar-refractivity contribution < 1.29 is 19.7 Å². The molecule has 1 aliphatic carbocycles. The summed E-state index contributed by atoms with van der Waals surface area (Å²) in [5.74, 6) is 0.602. The number of nitrogens with zero attached hydrogens (tertiary/aromatic N) is 1. The van der Waals surface area contributed by atoms with Crippen LogP contribution in [0.2, 0.25) is 0 Å². The number of likely N-dealkylation sites (N-methyl/N-ethyl adjacent to an activating group) is 1. The summed E-state index contributed by atoms with van der Waals surface area (Å²) in [6, 6.07) is 1.83. The zero-order valence-corrected chi connectivity index (χ0v) is 12.7. The van der Waals surface area contributed by atoms with Gasteiger partial charge in [-0.05, 0) is 12.0 Å². The van der Waals surface area contributed by atoms with Crippen molar-refractivity contribution in [1.82, 2.24) is 4.90 Å². The molecule has 2 heterocycles. The standard InChI is InChI=1S/C16H18BNO4/c1-18-5-7-2-9(20)4-11-12(7)14-13(16(18)21)10(17)3-8(6-19)15(14)22-11/h3,9,11,19-20H,2,4-6,17H2,1H3. The van der Waals surface area contributed by atoms with Crippen LogP contribution in [0.3, 0.4) is 0 Å². The highest BCUT2D eigenvalue weighted by atomic mass is 16.5. The molecule has 1 amide bonds. The Morgan fingerprint density at radius 1 is 1.45 bits per heavy atom. The van der Waals surface area contributed by atoms with E-state index in [1.165, 1.54) is 0 Å². The summed E-state index contributed by atoms with van der Waals surface area (Å²) >= 11 is 0. The molecule has 1 aromatic rings. The van der Waals surface area contributed by atoms with Crippen molar-refractivity contribution in [3.8, 4) is 5.75 Å². The van der Waals surface area contributed by atoms with Gasteiger partial charge in [-0.15, -0.1) is 0 Å². The molecule has 4 rings (SSSR count). The Bertz CT molecular complexity index is 727. The number of aliphatic hydroxyl groups excluding tert-OH is 2. The SMILES string of the molecule is Bc1cc(CO)c2c3c1C(=O)N(C)CC1=C3C(CC(O)C1)O2. The van der Waals surface area contributed by atoms with Gasteiger partial charge < -0.3 is 19.8 Å². The van der Waals surface area contributed by atoms with E-state index in [1.54, 1.807) is 11.9 Å². The fraction of sp³-hybridized carbons (Fsp3) is 0.438. The number of carbonyl (C=O) groups is 1. The van der Waals surface area contributed by atoms with Crippen molar-refractivity contribution in [3.05, 3.63) is 28.3 Å². The lowest BCUT2D eigenvalue weighted by molar-refractivity contribution is 0.0793. The zero-order valence-electron chi connectivity index (χ0n) is 12.7. The lowest BCUT2D eigenvalue weighted by atomic mass is 9.79. The second-order valence-electron chi connectivity index (χ2n) is 6.47. The molecule has 0 bridgehead atoms. The van der Waals surface area contributed by atoms with Gasteiger partial charge in [-0.1, -0.05) is 11.5 Å². The summed E-state index contributed by atoms with van der Waals surface area (Å²) in [6.07, 6.45) is 0.462. The minimum Gasteiger partial charge on any atom is -0.485 e. The molecule has 0 aromatic heterocycles. The van der Waals surface area contributed by atoms with Crippen molar-refractivity contribution in [1.29, 1.82) is 0 Å². The van der Waals surface area contributed by atoms with Crippen molar-refractivity contribution >= 4 is 24.8 Å².